The molecule has 1 aromatic heterocycles. The molecule has 2 aromatic rings. The number of nitrogens with zero attached hydrogens (tertiary/aromatic N) is 4. The molecule has 6 nitrogen and oxygen atoms in total. The van der Waals surface area contributed by atoms with Crippen LogP contribution in [0.3, 0.4) is 0 Å². The second kappa shape index (κ2) is 9.73. The number of benzene rings is 1. The molecule has 0 amide bonds. The van der Waals surface area contributed by atoms with Crippen LogP contribution in [0, 0.1) is 18.8 Å². The molecule has 0 atom stereocenters. The van der Waals surface area contributed by atoms with E-state index in [0.717, 1.165) is 51.3 Å². The van der Waals surface area contributed by atoms with Crippen LogP contribution in [0.1, 0.15) is 29.5 Å². The van der Waals surface area contributed by atoms with Crippen molar-refractivity contribution in [3.05, 3.63) is 40.4 Å². The van der Waals surface area contributed by atoms with Crippen LogP contribution >= 0.6 is 23.1 Å². The van der Waals surface area contributed by atoms with Crippen molar-refractivity contribution in [2.45, 2.75) is 20.3 Å². The van der Waals surface area contributed by atoms with E-state index in [4.69, 9.17) is 11.5 Å². The van der Waals surface area contributed by atoms with Gasteiger partial charge in [-0.2, -0.15) is 5.10 Å². The highest BCUT2D eigenvalue weighted by Crippen LogP contribution is 2.28. The van der Waals surface area contributed by atoms with Crippen LogP contribution in [-0.2, 0) is 0 Å². The van der Waals surface area contributed by atoms with Crippen molar-refractivity contribution in [2.75, 3.05) is 24.7 Å². The molecule has 1 aliphatic rings. The maximum Gasteiger partial charge on any atom is 0.211 e. The molecule has 0 radical (unpaired) electrons. The summed E-state index contributed by atoms with van der Waals surface area (Å²) in [5.74, 6) is 8.85. The highest BCUT2D eigenvalue weighted by Gasteiger charge is 2.12. The van der Waals surface area contributed by atoms with Crippen molar-refractivity contribution in [1.29, 1.82) is 0 Å². The van der Waals surface area contributed by atoms with Gasteiger partial charge in [-0.05, 0) is 26.0 Å². The standard InChI is InChI=1S/C20H24N6S2/c1-14-18(15(2)24-25-20(21)22)28-19(23-14)17-8-6-16(7-9-17)5-3-4-10-26-11-12-27-13-26/h6-9H,4,10-13H2,1-2H3,(H4,21,22,25)/b24-15+. The number of nitrogens with two attached hydrogens (primary N) is 2. The van der Waals surface area contributed by atoms with E-state index in [1.807, 2.05) is 37.7 Å². The Balaban J connectivity index is 1.66. The Bertz CT molecular complexity index is 924. The normalized spacial score (nSPS) is 14.6. The van der Waals surface area contributed by atoms with E-state index >= 15 is 0 Å². The van der Waals surface area contributed by atoms with Gasteiger partial charge in [-0.1, -0.05) is 24.0 Å². The largest absolute Gasteiger partial charge is 0.369 e. The Morgan fingerprint density at radius 2 is 2.04 bits per heavy atom. The van der Waals surface area contributed by atoms with Gasteiger partial charge in [0.05, 0.1) is 16.3 Å². The quantitative estimate of drug-likeness (QED) is 0.341. The van der Waals surface area contributed by atoms with Crippen molar-refractivity contribution in [3.63, 3.8) is 0 Å². The summed E-state index contributed by atoms with van der Waals surface area (Å²) in [6, 6.07) is 8.22. The average Bonchev–Trinajstić information content (AvgIpc) is 3.33. The topological polar surface area (TPSA) is 92.9 Å². The number of thioether (sulfide) groups is 1. The van der Waals surface area contributed by atoms with Gasteiger partial charge in [0.1, 0.15) is 5.01 Å². The summed E-state index contributed by atoms with van der Waals surface area (Å²) >= 11 is 3.57. The molecule has 4 N–H and O–H groups in total. The summed E-state index contributed by atoms with van der Waals surface area (Å²) in [5.41, 5.74) is 14.4. The lowest BCUT2D eigenvalue weighted by atomic mass is 10.1. The van der Waals surface area contributed by atoms with E-state index in [2.05, 4.69) is 44.1 Å². The fourth-order valence-corrected chi connectivity index (χ4v) is 4.78. The molecule has 2 heterocycles. The minimum absolute atomic E-state index is 0.0576. The number of aryl methyl sites for hydroxylation is 1. The summed E-state index contributed by atoms with van der Waals surface area (Å²) in [6.45, 7) is 6.07. The van der Waals surface area contributed by atoms with Crippen LogP contribution in [0.5, 0.6) is 0 Å². The van der Waals surface area contributed by atoms with Crippen LogP contribution < -0.4 is 11.5 Å². The predicted octanol–water partition coefficient (Wildman–Crippen LogP) is 2.86. The fraction of sp³-hybridized carbons (Fsp3) is 0.350. The van der Waals surface area contributed by atoms with E-state index in [-0.39, 0.29) is 5.96 Å². The van der Waals surface area contributed by atoms with E-state index in [1.54, 1.807) is 11.3 Å². The first kappa shape index (κ1) is 20.4. The zero-order valence-corrected chi connectivity index (χ0v) is 17.7. The first-order chi connectivity index (χ1) is 13.5. The molecule has 28 heavy (non-hydrogen) atoms. The molecule has 1 fully saturated rings. The minimum Gasteiger partial charge on any atom is -0.369 e. The molecule has 0 bridgehead atoms. The van der Waals surface area contributed by atoms with Gasteiger partial charge in [0, 0.05) is 42.3 Å². The number of hydrogen-bond acceptors (Lipinski definition) is 6. The van der Waals surface area contributed by atoms with Gasteiger partial charge in [0.25, 0.3) is 0 Å². The first-order valence-corrected chi connectivity index (χ1v) is 11.0. The second-order valence-corrected chi connectivity index (χ2v) is 8.50. The van der Waals surface area contributed by atoms with Crippen molar-refractivity contribution in [1.82, 2.24) is 9.88 Å². The van der Waals surface area contributed by atoms with Crippen LogP contribution in [-0.4, -0.2) is 46.3 Å². The highest BCUT2D eigenvalue weighted by molar-refractivity contribution is 7.99. The summed E-state index contributed by atoms with van der Waals surface area (Å²) in [4.78, 5) is 8.09. The van der Waals surface area contributed by atoms with E-state index in [1.165, 1.54) is 12.3 Å². The first-order valence-electron chi connectivity index (χ1n) is 9.03. The third-order valence-electron chi connectivity index (χ3n) is 4.18. The molecule has 0 unspecified atom stereocenters. The third-order valence-corrected chi connectivity index (χ3v) is 6.52. The molecule has 0 saturated carbocycles. The molecule has 1 aliphatic heterocycles. The number of aromatic nitrogens is 1. The average molecular weight is 413 g/mol. The van der Waals surface area contributed by atoms with Crippen molar-refractivity contribution >= 4 is 34.8 Å². The molecular formula is C20H24N6S2. The number of guanidine groups is 1. The van der Waals surface area contributed by atoms with Gasteiger partial charge >= 0.3 is 0 Å². The van der Waals surface area contributed by atoms with Crippen molar-refractivity contribution < 1.29 is 0 Å². The lowest BCUT2D eigenvalue weighted by molar-refractivity contribution is 0.365. The second-order valence-electron chi connectivity index (χ2n) is 6.43. The van der Waals surface area contributed by atoms with Gasteiger partial charge in [-0.15, -0.1) is 28.2 Å². The molecule has 146 valence electrons. The maximum absolute atomic E-state index is 5.34. The van der Waals surface area contributed by atoms with Gasteiger partial charge in [-0.25, -0.2) is 4.98 Å². The van der Waals surface area contributed by atoms with Gasteiger partial charge in [-0.3, -0.25) is 4.90 Å². The molecule has 1 saturated heterocycles. The van der Waals surface area contributed by atoms with E-state index in [9.17, 15) is 0 Å². The third kappa shape index (κ3) is 5.58. The Labute approximate surface area is 174 Å². The lowest BCUT2D eigenvalue weighted by Crippen LogP contribution is -2.22. The number of rotatable bonds is 5. The zero-order valence-electron chi connectivity index (χ0n) is 16.1. The SMILES string of the molecule is C/C(=N\N=C(N)N)c1sc(-c2ccc(C#CCCN3CCSC3)cc2)nc1C. The fourth-order valence-electron chi connectivity index (χ4n) is 2.74. The summed E-state index contributed by atoms with van der Waals surface area (Å²) < 4.78 is 0. The summed E-state index contributed by atoms with van der Waals surface area (Å²) in [5, 5.41) is 8.71. The number of thiazole rings is 1. The van der Waals surface area contributed by atoms with E-state index in [0.29, 0.717) is 0 Å². The lowest BCUT2D eigenvalue weighted by Gasteiger charge is -2.10. The van der Waals surface area contributed by atoms with Crippen LogP contribution in [0.15, 0.2) is 34.5 Å². The van der Waals surface area contributed by atoms with Gasteiger partial charge in [0.15, 0.2) is 0 Å². The molecular weight excluding hydrogens is 388 g/mol. The van der Waals surface area contributed by atoms with Gasteiger partial charge < -0.3 is 11.5 Å². The van der Waals surface area contributed by atoms with Crippen molar-refractivity contribution in [3.8, 4) is 22.4 Å². The predicted molar refractivity (Wildman–Crippen MR) is 121 cm³/mol. The van der Waals surface area contributed by atoms with Gasteiger partial charge in [0.2, 0.25) is 5.96 Å². The highest BCUT2D eigenvalue weighted by atomic mass is 32.2. The Morgan fingerprint density at radius 3 is 2.71 bits per heavy atom. The van der Waals surface area contributed by atoms with Crippen molar-refractivity contribution in [2.24, 2.45) is 21.7 Å². The minimum atomic E-state index is -0.0576. The maximum atomic E-state index is 5.34. The Morgan fingerprint density at radius 1 is 1.25 bits per heavy atom. The Hall–Kier alpha value is -2.34. The van der Waals surface area contributed by atoms with Crippen LogP contribution in [0.25, 0.3) is 10.6 Å². The van der Waals surface area contributed by atoms with Crippen LogP contribution in [0.2, 0.25) is 0 Å². The zero-order chi connectivity index (χ0) is 19.9. The smallest absolute Gasteiger partial charge is 0.211 e. The van der Waals surface area contributed by atoms with E-state index < -0.39 is 0 Å². The van der Waals surface area contributed by atoms with Crippen LogP contribution in [0.4, 0.5) is 0 Å². The molecule has 1 aromatic carbocycles. The summed E-state index contributed by atoms with van der Waals surface area (Å²) in [6.07, 6.45) is 0.908. The number of hydrogen-bond donors (Lipinski definition) is 2. The molecule has 0 aliphatic carbocycles. The Kier molecular flexibility index (Phi) is 7.09. The molecule has 3 rings (SSSR count). The molecule has 8 heteroatoms. The monoisotopic (exact) mass is 412 g/mol. The summed E-state index contributed by atoms with van der Waals surface area (Å²) in [7, 11) is 0. The molecule has 0 spiro atoms.